The number of hydrogen-bond donors (Lipinski definition) is 2. The Bertz CT molecular complexity index is 258. The highest BCUT2D eigenvalue weighted by atomic mass is 16.3. The second kappa shape index (κ2) is 4.89. The van der Waals surface area contributed by atoms with Gasteiger partial charge in [0.25, 0.3) is 0 Å². The Morgan fingerprint density at radius 1 is 1.06 bits per heavy atom. The van der Waals surface area contributed by atoms with E-state index >= 15 is 0 Å². The molecular weight excluding hydrogens is 210 g/mol. The van der Waals surface area contributed by atoms with Crippen LogP contribution in [0.5, 0.6) is 0 Å². The van der Waals surface area contributed by atoms with E-state index in [2.05, 4.69) is 13.8 Å². The van der Waals surface area contributed by atoms with Crippen molar-refractivity contribution >= 4 is 0 Å². The van der Waals surface area contributed by atoms with Gasteiger partial charge in [0.1, 0.15) is 0 Å². The topological polar surface area (TPSA) is 46.2 Å². The fourth-order valence-corrected chi connectivity index (χ4v) is 3.96. The first-order chi connectivity index (χ1) is 7.97. The highest BCUT2D eigenvalue weighted by Crippen LogP contribution is 2.46. The molecule has 2 saturated carbocycles. The molecule has 0 bridgehead atoms. The van der Waals surface area contributed by atoms with E-state index in [1.807, 2.05) is 0 Å². The van der Waals surface area contributed by atoms with E-state index in [1.165, 1.54) is 25.7 Å². The van der Waals surface area contributed by atoms with Crippen molar-refractivity contribution in [2.24, 2.45) is 17.6 Å². The van der Waals surface area contributed by atoms with Gasteiger partial charge in [-0.1, -0.05) is 39.5 Å². The predicted molar refractivity (Wildman–Crippen MR) is 71.7 cm³/mol. The van der Waals surface area contributed by atoms with E-state index in [9.17, 15) is 5.11 Å². The summed E-state index contributed by atoms with van der Waals surface area (Å²) in [4.78, 5) is 0. The van der Waals surface area contributed by atoms with Crippen LogP contribution in [0, 0.1) is 11.8 Å². The fourth-order valence-electron chi connectivity index (χ4n) is 3.96. The molecule has 0 aromatic rings. The molecule has 100 valence electrons. The quantitative estimate of drug-likeness (QED) is 0.777. The van der Waals surface area contributed by atoms with Gasteiger partial charge in [-0.25, -0.2) is 0 Å². The Morgan fingerprint density at radius 2 is 1.71 bits per heavy atom. The molecular formula is C15H29NO. The minimum atomic E-state index is -0.583. The molecule has 0 radical (unpaired) electrons. The molecule has 2 nitrogen and oxygen atoms in total. The number of nitrogens with two attached hydrogens (primary N) is 1. The minimum absolute atomic E-state index is 0.293. The van der Waals surface area contributed by atoms with E-state index in [1.54, 1.807) is 0 Å². The predicted octanol–water partition coefficient (Wildman–Crippen LogP) is 3.23. The van der Waals surface area contributed by atoms with E-state index in [-0.39, 0.29) is 5.54 Å². The largest absolute Gasteiger partial charge is 0.388 e. The minimum Gasteiger partial charge on any atom is -0.388 e. The maximum atomic E-state index is 11.0. The molecule has 0 aromatic carbocycles. The highest BCUT2D eigenvalue weighted by Gasteiger charge is 2.50. The molecule has 2 fully saturated rings. The van der Waals surface area contributed by atoms with Crippen LogP contribution in [0.15, 0.2) is 0 Å². The lowest BCUT2D eigenvalue weighted by Gasteiger charge is -2.51. The molecule has 0 spiro atoms. The van der Waals surface area contributed by atoms with E-state index < -0.39 is 5.60 Å². The SMILES string of the molecule is CC(C)C1CCCC(O)(C2(N)CCCCC2)C1. The van der Waals surface area contributed by atoms with Gasteiger partial charge in [-0.3, -0.25) is 0 Å². The third-order valence-electron chi connectivity index (χ3n) is 5.38. The van der Waals surface area contributed by atoms with Gasteiger partial charge in [-0.2, -0.15) is 0 Å². The second-order valence-corrected chi connectivity index (χ2v) is 6.85. The van der Waals surface area contributed by atoms with Crippen LogP contribution in [0.2, 0.25) is 0 Å². The second-order valence-electron chi connectivity index (χ2n) is 6.85. The fraction of sp³-hybridized carbons (Fsp3) is 1.00. The van der Waals surface area contributed by atoms with E-state index in [0.29, 0.717) is 11.8 Å². The van der Waals surface area contributed by atoms with E-state index in [4.69, 9.17) is 5.73 Å². The molecule has 2 unspecified atom stereocenters. The maximum absolute atomic E-state index is 11.0. The van der Waals surface area contributed by atoms with Crippen LogP contribution in [0.25, 0.3) is 0 Å². The Hall–Kier alpha value is -0.0800. The lowest BCUT2D eigenvalue weighted by molar-refractivity contribution is -0.0962. The highest BCUT2D eigenvalue weighted by molar-refractivity contribution is 5.07. The van der Waals surface area contributed by atoms with Gasteiger partial charge in [-0.05, 0) is 43.9 Å². The standard InChI is InChI=1S/C15H29NO/c1-12(2)13-7-6-10-15(17,11-13)14(16)8-4-3-5-9-14/h12-13,17H,3-11,16H2,1-2H3. The van der Waals surface area contributed by atoms with Gasteiger partial charge >= 0.3 is 0 Å². The van der Waals surface area contributed by atoms with E-state index in [0.717, 1.165) is 32.1 Å². The zero-order chi connectivity index (χ0) is 12.5. The Labute approximate surface area is 106 Å². The molecule has 2 rings (SSSR count). The first-order valence-corrected chi connectivity index (χ1v) is 7.48. The lowest BCUT2D eigenvalue weighted by Crippen LogP contribution is -2.63. The Balaban J connectivity index is 2.11. The van der Waals surface area contributed by atoms with Crippen molar-refractivity contribution in [3.63, 3.8) is 0 Å². The van der Waals surface area contributed by atoms with Crippen LogP contribution < -0.4 is 5.73 Å². The summed E-state index contributed by atoms with van der Waals surface area (Å²) in [5, 5.41) is 11.0. The summed E-state index contributed by atoms with van der Waals surface area (Å²) >= 11 is 0. The summed E-state index contributed by atoms with van der Waals surface area (Å²) in [6.07, 6.45) is 10.0. The molecule has 17 heavy (non-hydrogen) atoms. The summed E-state index contributed by atoms with van der Waals surface area (Å²) in [6.45, 7) is 4.56. The smallest absolute Gasteiger partial charge is 0.0829 e. The molecule has 0 saturated heterocycles. The van der Waals surface area contributed by atoms with Crippen molar-refractivity contribution in [1.29, 1.82) is 0 Å². The van der Waals surface area contributed by atoms with Crippen LogP contribution in [-0.4, -0.2) is 16.2 Å². The molecule has 2 heteroatoms. The molecule has 0 heterocycles. The van der Waals surface area contributed by atoms with Crippen molar-refractivity contribution in [1.82, 2.24) is 0 Å². The number of rotatable bonds is 2. The summed E-state index contributed by atoms with van der Waals surface area (Å²) in [6, 6.07) is 0. The van der Waals surface area contributed by atoms with Gasteiger partial charge in [0.2, 0.25) is 0 Å². The zero-order valence-electron chi connectivity index (χ0n) is 11.5. The van der Waals surface area contributed by atoms with Crippen LogP contribution in [-0.2, 0) is 0 Å². The Morgan fingerprint density at radius 3 is 2.29 bits per heavy atom. The van der Waals surface area contributed by atoms with Crippen molar-refractivity contribution in [3.8, 4) is 0 Å². The van der Waals surface area contributed by atoms with Gasteiger partial charge in [-0.15, -0.1) is 0 Å². The summed E-state index contributed by atoms with van der Waals surface area (Å²) in [5.74, 6) is 1.34. The van der Waals surface area contributed by atoms with Crippen molar-refractivity contribution < 1.29 is 5.11 Å². The van der Waals surface area contributed by atoms with Gasteiger partial charge in [0, 0.05) is 5.54 Å². The normalized spacial score (nSPS) is 38.3. The molecule has 0 amide bonds. The first kappa shape index (κ1) is 13.4. The average molecular weight is 239 g/mol. The molecule has 0 aliphatic heterocycles. The zero-order valence-corrected chi connectivity index (χ0v) is 11.5. The molecule has 2 aliphatic rings. The Kier molecular flexibility index (Phi) is 3.84. The van der Waals surface area contributed by atoms with Gasteiger partial charge in [0.15, 0.2) is 0 Å². The van der Waals surface area contributed by atoms with Gasteiger partial charge in [0.05, 0.1) is 5.60 Å². The lowest BCUT2D eigenvalue weighted by atomic mass is 9.61. The van der Waals surface area contributed by atoms with Crippen LogP contribution in [0.1, 0.15) is 71.6 Å². The third kappa shape index (κ3) is 2.53. The summed E-state index contributed by atoms with van der Waals surface area (Å²) < 4.78 is 0. The molecule has 2 aliphatic carbocycles. The molecule has 0 aromatic heterocycles. The number of aliphatic hydroxyl groups is 1. The molecule has 3 N–H and O–H groups in total. The van der Waals surface area contributed by atoms with Crippen LogP contribution in [0.3, 0.4) is 0 Å². The first-order valence-electron chi connectivity index (χ1n) is 7.48. The van der Waals surface area contributed by atoms with Crippen molar-refractivity contribution in [3.05, 3.63) is 0 Å². The summed E-state index contributed by atoms with van der Waals surface area (Å²) in [7, 11) is 0. The summed E-state index contributed by atoms with van der Waals surface area (Å²) in [5.41, 5.74) is 5.70. The molecule has 2 atom stereocenters. The monoisotopic (exact) mass is 239 g/mol. The number of hydrogen-bond acceptors (Lipinski definition) is 2. The van der Waals surface area contributed by atoms with Crippen LogP contribution >= 0.6 is 0 Å². The van der Waals surface area contributed by atoms with Crippen LogP contribution in [0.4, 0.5) is 0 Å². The van der Waals surface area contributed by atoms with Gasteiger partial charge < -0.3 is 10.8 Å². The van der Waals surface area contributed by atoms with Crippen molar-refractivity contribution in [2.75, 3.05) is 0 Å². The maximum Gasteiger partial charge on any atom is 0.0829 e. The average Bonchev–Trinajstić information content (AvgIpc) is 2.30. The third-order valence-corrected chi connectivity index (χ3v) is 5.38. The van der Waals surface area contributed by atoms with Crippen molar-refractivity contribution in [2.45, 2.75) is 82.8 Å².